The summed E-state index contributed by atoms with van der Waals surface area (Å²) in [6.07, 6.45) is 1.15. The van der Waals surface area contributed by atoms with Gasteiger partial charge in [0, 0.05) is 46.4 Å². The van der Waals surface area contributed by atoms with Gasteiger partial charge in [-0.25, -0.2) is 14.8 Å². The molecule has 2 aliphatic heterocycles. The second-order valence-corrected chi connectivity index (χ2v) is 10.7. The van der Waals surface area contributed by atoms with E-state index >= 15 is 0 Å². The first-order valence-electron chi connectivity index (χ1n) is 14.0. The molecule has 0 radical (unpaired) electrons. The predicted molar refractivity (Wildman–Crippen MR) is 156 cm³/mol. The molecule has 1 N–H and O–H groups in total. The Labute approximate surface area is 239 Å². The highest BCUT2D eigenvalue weighted by Gasteiger charge is 2.25. The number of carboxylic acid groups (broad SMARTS) is 1. The van der Waals surface area contributed by atoms with Crippen LogP contribution in [0.25, 0.3) is 11.0 Å². The van der Waals surface area contributed by atoms with E-state index in [1.807, 2.05) is 37.4 Å². The number of hydrogen-bond acceptors (Lipinski definition) is 8. The zero-order valence-corrected chi connectivity index (χ0v) is 23.1. The van der Waals surface area contributed by atoms with Gasteiger partial charge in [-0.1, -0.05) is 18.2 Å². The molecule has 2 aromatic carbocycles. The van der Waals surface area contributed by atoms with Crippen molar-refractivity contribution in [2.24, 2.45) is 0 Å². The Hall–Kier alpha value is -4.46. The van der Waals surface area contributed by atoms with Crippen LogP contribution in [0.15, 0.2) is 60.7 Å². The number of nitrogens with zero attached hydrogens (tertiary/aromatic N) is 7. The zero-order valence-electron chi connectivity index (χ0n) is 23.1. The van der Waals surface area contributed by atoms with Crippen LogP contribution in [0.3, 0.4) is 0 Å². The molecule has 2 fully saturated rings. The molecule has 210 valence electrons. The van der Waals surface area contributed by atoms with Gasteiger partial charge in [-0.05, 0) is 54.4 Å². The first-order valence-corrected chi connectivity index (χ1v) is 14.0. The number of anilines is 2. The minimum absolute atomic E-state index is 0.143. The lowest BCUT2D eigenvalue weighted by Crippen LogP contribution is -2.46. The highest BCUT2D eigenvalue weighted by Crippen LogP contribution is 2.25. The van der Waals surface area contributed by atoms with Crippen molar-refractivity contribution < 1.29 is 14.6 Å². The van der Waals surface area contributed by atoms with Crippen molar-refractivity contribution in [2.45, 2.75) is 32.2 Å². The normalized spacial score (nSPS) is 17.3. The van der Waals surface area contributed by atoms with Crippen molar-refractivity contribution >= 4 is 28.6 Å². The molecule has 1 unspecified atom stereocenters. The highest BCUT2D eigenvalue weighted by atomic mass is 16.5. The third kappa shape index (κ3) is 5.87. The van der Waals surface area contributed by atoms with Crippen LogP contribution in [0.4, 0.5) is 11.6 Å². The molecule has 41 heavy (non-hydrogen) atoms. The van der Waals surface area contributed by atoms with Gasteiger partial charge in [0.15, 0.2) is 0 Å². The van der Waals surface area contributed by atoms with Crippen molar-refractivity contribution in [1.29, 1.82) is 5.26 Å². The maximum atomic E-state index is 11.6. The number of benzene rings is 2. The molecule has 0 saturated carbocycles. The number of aromatic nitrogens is 3. The van der Waals surface area contributed by atoms with Crippen molar-refractivity contribution in [3.8, 4) is 6.07 Å². The van der Waals surface area contributed by atoms with Crippen LogP contribution in [0, 0.1) is 11.3 Å². The third-order valence-electron chi connectivity index (χ3n) is 7.93. The number of ether oxygens (including phenoxy) is 1. The maximum Gasteiger partial charge on any atom is 0.335 e. The molecule has 0 spiro atoms. The van der Waals surface area contributed by atoms with Gasteiger partial charge in [-0.3, -0.25) is 4.90 Å². The summed E-state index contributed by atoms with van der Waals surface area (Å²) in [6.45, 7) is 6.30. The van der Waals surface area contributed by atoms with Crippen molar-refractivity contribution in [1.82, 2.24) is 19.4 Å². The molecule has 10 heteroatoms. The lowest BCUT2D eigenvalue weighted by atomic mass is 10.1. The third-order valence-corrected chi connectivity index (χ3v) is 7.93. The van der Waals surface area contributed by atoms with Crippen LogP contribution in [0.1, 0.15) is 33.7 Å². The Morgan fingerprint density at radius 1 is 1.10 bits per heavy atom. The number of carbonyl (C=O) groups is 1. The summed E-state index contributed by atoms with van der Waals surface area (Å²) in [7, 11) is 2.03. The number of pyridine rings is 1. The highest BCUT2D eigenvalue weighted by molar-refractivity contribution is 5.92. The van der Waals surface area contributed by atoms with E-state index in [0.717, 1.165) is 73.3 Å². The largest absolute Gasteiger partial charge is 0.478 e. The Morgan fingerprint density at radius 3 is 2.56 bits per heavy atom. The molecule has 4 aromatic rings. The van der Waals surface area contributed by atoms with Gasteiger partial charge in [0.05, 0.1) is 47.4 Å². The van der Waals surface area contributed by atoms with E-state index in [0.29, 0.717) is 25.2 Å². The predicted octanol–water partition coefficient (Wildman–Crippen LogP) is 3.75. The number of nitriles is 1. The van der Waals surface area contributed by atoms with Crippen LogP contribution < -0.4 is 9.80 Å². The second kappa shape index (κ2) is 11.6. The van der Waals surface area contributed by atoms with Gasteiger partial charge < -0.3 is 24.2 Å². The fourth-order valence-electron chi connectivity index (χ4n) is 5.44. The Kier molecular flexibility index (Phi) is 7.55. The summed E-state index contributed by atoms with van der Waals surface area (Å²) < 4.78 is 7.85. The van der Waals surface area contributed by atoms with E-state index in [2.05, 4.69) is 37.5 Å². The first-order chi connectivity index (χ1) is 20.0. The number of carboxylic acids is 1. The average molecular weight is 552 g/mol. The number of aromatic carboxylic acids is 1. The van der Waals surface area contributed by atoms with Gasteiger partial charge >= 0.3 is 5.97 Å². The summed E-state index contributed by atoms with van der Waals surface area (Å²) >= 11 is 0. The van der Waals surface area contributed by atoms with E-state index in [9.17, 15) is 9.90 Å². The quantitative estimate of drug-likeness (QED) is 0.332. The topological polar surface area (TPSA) is 111 Å². The van der Waals surface area contributed by atoms with Gasteiger partial charge in [0.25, 0.3) is 0 Å². The average Bonchev–Trinajstić information content (AvgIpc) is 3.31. The molecule has 4 heterocycles. The first kappa shape index (κ1) is 26.7. The summed E-state index contributed by atoms with van der Waals surface area (Å²) in [5.74, 6) is 1.87. The van der Waals surface area contributed by atoms with Gasteiger partial charge in [-0.2, -0.15) is 5.26 Å². The van der Waals surface area contributed by atoms with Crippen LogP contribution in [0.5, 0.6) is 0 Å². The van der Waals surface area contributed by atoms with E-state index in [4.69, 9.17) is 20.0 Å². The summed E-state index contributed by atoms with van der Waals surface area (Å²) in [5, 5.41) is 18.5. The van der Waals surface area contributed by atoms with E-state index < -0.39 is 5.97 Å². The van der Waals surface area contributed by atoms with Gasteiger partial charge in [0.1, 0.15) is 17.5 Å². The van der Waals surface area contributed by atoms with Crippen LogP contribution >= 0.6 is 0 Å². The van der Waals surface area contributed by atoms with Crippen molar-refractivity contribution in [2.75, 3.05) is 49.6 Å². The molecule has 1 atom stereocenters. The van der Waals surface area contributed by atoms with Crippen LogP contribution in [-0.2, 0) is 24.4 Å². The van der Waals surface area contributed by atoms with E-state index in [-0.39, 0.29) is 11.7 Å². The number of fused-ring (bicyclic) bond motifs is 1. The van der Waals surface area contributed by atoms with Crippen LogP contribution in [0.2, 0.25) is 0 Å². The van der Waals surface area contributed by atoms with E-state index in [1.165, 1.54) is 0 Å². The summed E-state index contributed by atoms with van der Waals surface area (Å²) in [5.41, 5.74) is 3.72. The number of imidazole rings is 1. The Bertz CT molecular complexity index is 1580. The molecule has 6 rings (SSSR count). The minimum Gasteiger partial charge on any atom is -0.478 e. The fraction of sp³-hybridized carbons (Fsp3) is 0.355. The smallest absolute Gasteiger partial charge is 0.335 e. The molecule has 0 bridgehead atoms. The molecule has 2 saturated heterocycles. The van der Waals surface area contributed by atoms with Crippen LogP contribution in [-0.4, -0.2) is 76.4 Å². The van der Waals surface area contributed by atoms with Gasteiger partial charge in [0.2, 0.25) is 0 Å². The summed E-state index contributed by atoms with van der Waals surface area (Å²) in [4.78, 5) is 28.3. The lowest BCUT2D eigenvalue weighted by Gasteiger charge is -2.36. The van der Waals surface area contributed by atoms with Gasteiger partial charge in [-0.15, -0.1) is 0 Å². The van der Waals surface area contributed by atoms with E-state index in [1.54, 1.807) is 18.2 Å². The molecule has 10 nitrogen and oxygen atoms in total. The molecule has 0 amide bonds. The Morgan fingerprint density at radius 2 is 1.88 bits per heavy atom. The number of piperazine rings is 1. The van der Waals surface area contributed by atoms with Crippen molar-refractivity contribution in [3.05, 3.63) is 83.2 Å². The Balaban J connectivity index is 1.11. The minimum atomic E-state index is -0.935. The molecular formula is C31H33N7O3. The summed E-state index contributed by atoms with van der Waals surface area (Å²) in [6, 6.07) is 21.1. The molecule has 2 aliphatic rings. The number of hydrogen-bond donors (Lipinski definition) is 1. The molecule has 0 aliphatic carbocycles. The van der Waals surface area contributed by atoms with Crippen molar-refractivity contribution in [3.63, 3.8) is 0 Å². The number of rotatable bonds is 9. The lowest BCUT2D eigenvalue weighted by molar-refractivity contribution is -0.0592. The monoisotopic (exact) mass is 551 g/mol. The fourth-order valence-corrected chi connectivity index (χ4v) is 5.44. The molecular weight excluding hydrogens is 518 g/mol. The zero-order chi connectivity index (χ0) is 28.3. The standard InChI is InChI=1S/C31H33N7O3/c1-35(19-23-7-5-22(18-32)6-8-23)28-3-2-4-29(34-28)37-14-12-36(13-15-37)21-30-33-26-10-9-24(31(39)40)17-27(26)38(30)20-25-11-16-41-25/h2-10,17,25H,11-16,19-21H2,1H3,(H,39,40). The second-order valence-electron chi connectivity index (χ2n) is 10.7. The SMILES string of the molecule is CN(Cc1ccc(C#N)cc1)c1cccc(N2CCN(Cc3nc4ccc(C(=O)O)cc4n3CC3CCO3)CC2)n1. The molecule has 2 aromatic heterocycles. The maximum absolute atomic E-state index is 11.6.